The molecule has 1 heterocycles. The number of likely N-dealkylation sites (tertiary alicyclic amines) is 1. The van der Waals surface area contributed by atoms with Crippen molar-refractivity contribution in [3.05, 3.63) is 35.9 Å². The van der Waals surface area contributed by atoms with E-state index in [9.17, 15) is 9.59 Å². The number of hydrogen-bond donors (Lipinski definition) is 1. The summed E-state index contributed by atoms with van der Waals surface area (Å²) in [4.78, 5) is 25.7. The SMILES string of the molecule is CC(NC(=O)OC(C)(C)C)C(=O)N1CC(c2ccccc2)C1. The molecule has 1 N–H and O–H groups in total. The summed E-state index contributed by atoms with van der Waals surface area (Å²) in [6.45, 7) is 8.45. The fourth-order valence-corrected chi connectivity index (χ4v) is 2.41. The zero-order chi connectivity index (χ0) is 16.3. The lowest BCUT2D eigenvalue weighted by atomic mass is 9.91. The first-order valence-corrected chi connectivity index (χ1v) is 7.59. The highest BCUT2D eigenvalue weighted by atomic mass is 16.6. The van der Waals surface area contributed by atoms with Gasteiger partial charge in [0.05, 0.1) is 0 Å². The topological polar surface area (TPSA) is 58.6 Å². The summed E-state index contributed by atoms with van der Waals surface area (Å²) >= 11 is 0. The molecule has 22 heavy (non-hydrogen) atoms. The van der Waals surface area contributed by atoms with Crippen molar-refractivity contribution in [2.45, 2.75) is 45.3 Å². The van der Waals surface area contributed by atoms with E-state index >= 15 is 0 Å². The lowest BCUT2D eigenvalue weighted by Gasteiger charge is -2.41. The molecule has 1 fully saturated rings. The second-order valence-electron chi connectivity index (χ2n) is 6.72. The van der Waals surface area contributed by atoms with Crippen LogP contribution < -0.4 is 5.32 Å². The number of nitrogens with zero attached hydrogens (tertiary/aromatic N) is 1. The Balaban J connectivity index is 1.80. The van der Waals surface area contributed by atoms with E-state index in [1.54, 1.807) is 32.6 Å². The molecule has 1 aromatic rings. The molecule has 1 saturated heterocycles. The highest BCUT2D eigenvalue weighted by Gasteiger charge is 2.34. The second-order valence-corrected chi connectivity index (χ2v) is 6.72. The van der Waals surface area contributed by atoms with E-state index in [1.165, 1.54) is 5.56 Å². The van der Waals surface area contributed by atoms with Crippen LogP contribution in [0.1, 0.15) is 39.2 Å². The van der Waals surface area contributed by atoms with Gasteiger partial charge in [0.1, 0.15) is 11.6 Å². The van der Waals surface area contributed by atoms with Gasteiger partial charge in [-0.1, -0.05) is 30.3 Å². The van der Waals surface area contributed by atoms with Gasteiger partial charge in [-0.05, 0) is 33.3 Å². The zero-order valence-electron chi connectivity index (χ0n) is 13.6. The maximum Gasteiger partial charge on any atom is 0.408 e. The van der Waals surface area contributed by atoms with Gasteiger partial charge in [-0.15, -0.1) is 0 Å². The molecule has 2 rings (SSSR count). The molecule has 0 spiro atoms. The molecule has 1 aliphatic heterocycles. The third-order valence-electron chi connectivity index (χ3n) is 3.57. The Labute approximate surface area is 131 Å². The summed E-state index contributed by atoms with van der Waals surface area (Å²) in [5.41, 5.74) is 0.682. The van der Waals surface area contributed by atoms with Crippen LogP contribution in [0.3, 0.4) is 0 Å². The van der Waals surface area contributed by atoms with Gasteiger partial charge >= 0.3 is 6.09 Å². The molecule has 0 bridgehead atoms. The Morgan fingerprint density at radius 3 is 2.36 bits per heavy atom. The van der Waals surface area contributed by atoms with Gasteiger partial charge in [-0.25, -0.2) is 4.79 Å². The van der Waals surface area contributed by atoms with Crippen LogP contribution in [0.5, 0.6) is 0 Å². The fraction of sp³-hybridized carbons (Fsp3) is 0.529. The van der Waals surface area contributed by atoms with E-state index < -0.39 is 17.7 Å². The molecule has 1 unspecified atom stereocenters. The lowest BCUT2D eigenvalue weighted by Crippen LogP contribution is -2.55. The van der Waals surface area contributed by atoms with Crippen molar-refractivity contribution in [2.75, 3.05) is 13.1 Å². The number of amides is 2. The molecule has 5 nitrogen and oxygen atoms in total. The van der Waals surface area contributed by atoms with Crippen molar-refractivity contribution in [1.82, 2.24) is 10.2 Å². The number of carbonyl (C=O) groups excluding carboxylic acids is 2. The van der Waals surface area contributed by atoms with Crippen LogP contribution in [0.25, 0.3) is 0 Å². The molecule has 0 radical (unpaired) electrons. The van der Waals surface area contributed by atoms with Gasteiger partial charge in [0.15, 0.2) is 0 Å². The number of ether oxygens (including phenoxy) is 1. The van der Waals surface area contributed by atoms with Gasteiger partial charge in [-0.2, -0.15) is 0 Å². The van der Waals surface area contributed by atoms with Crippen LogP contribution in [0.2, 0.25) is 0 Å². The molecule has 0 aromatic heterocycles. The number of benzene rings is 1. The summed E-state index contributed by atoms with van der Waals surface area (Å²) in [5.74, 6) is 0.317. The normalized spacial score (nSPS) is 16.6. The number of hydrogen-bond acceptors (Lipinski definition) is 3. The van der Waals surface area contributed by atoms with Gasteiger partial charge in [0.25, 0.3) is 0 Å². The Kier molecular flexibility index (Phi) is 4.74. The Bertz CT molecular complexity index is 531. The van der Waals surface area contributed by atoms with Crippen molar-refractivity contribution < 1.29 is 14.3 Å². The minimum atomic E-state index is -0.577. The van der Waals surface area contributed by atoms with Crippen LogP contribution in [0.4, 0.5) is 4.79 Å². The number of rotatable bonds is 3. The average Bonchev–Trinajstić information content (AvgIpc) is 2.35. The van der Waals surface area contributed by atoms with E-state index in [2.05, 4.69) is 17.4 Å². The predicted octanol–water partition coefficient (Wildman–Crippen LogP) is 2.53. The zero-order valence-corrected chi connectivity index (χ0v) is 13.6. The number of nitrogens with one attached hydrogen (secondary N) is 1. The minimum Gasteiger partial charge on any atom is -0.444 e. The Hall–Kier alpha value is -2.04. The van der Waals surface area contributed by atoms with Crippen LogP contribution >= 0.6 is 0 Å². The summed E-state index contributed by atoms with van der Waals surface area (Å²) < 4.78 is 5.16. The fourth-order valence-electron chi connectivity index (χ4n) is 2.41. The highest BCUT2D eigenvalue weighted by Crippen LogP contribution is 2.27. The first-order valence-electron chi connectivity index (χ1n) is 7.59. The van der Waals surface area contributed by atoms with Gasteiger partial charge in [-0.3, -0.25) is 4.79 Å². The standard InChI is InChI=1S/C17H24N2O3/c1-12(18-16(21)22-17(2,3)4)15(20)19-10-14(11-19)13-8-6-5-7-9-13/h5-9,12,14H,10-11H2,1-4H3,(H,18,21). The smallest absolute Gasteiger partial charge is 0.408 e. The van der Waals surface area contributed by atoms with E-state index in [0.29, 0.717) is 19.0 Å². The van der Waals surface area contributed by atoms with Gasteiger partial charge in [0.2, 0.25) is 5.91 Å². The quantitative estimate of drug-likeness (QED) is 0.933. The third kappa shape index (κ3) is 4.23. The van der Waals surface area contributed by atoms with E-state index in [0.717, 1.165) is 0 Å². The van der Waals surface area contributed by atoms with Crippen LogP contribution in [-0.4, -0.2) is 41.6 Å². The maximum atomic E-state index is 12.3. The first-order chi connectivity index (χ1) is 10.3. The molecule has 5 heteroatoms. The summed E-state index contributed by atoms with van der Waals surface area (Å²) in [7, 11) is 0. The van der Waals surface area contributed by atoms with Crippen LogP contribution in [-0.2, 0) is 9.53 Å². The summed E-state index contributed by atoms with van der Waals surface area (Å²) in [6, 6.07) is 9.58. The van der Waals surface area contributed by atoms with Gasteiger partial charge < -0.3 is 15.0 Å². The van der Waals surface area contributed by atoms with Gasteiger partial charge in [0, 0.05) is 19.0 Å². The van der Waals surface area contributed by atoms with E-state index in [4.69, 9.17) is 4.74 Å². The Morgan fingerprint density at radius 1 is 1.23 bits per heavy atom. The summed E-state index contributed by atoms with van der Waals surface area (Å²) in [5, 5.41) is 2.59. The molecule has 120 valence electrons. The summed E-state index contributed by atoms with van der Waals surface area (Å²) in [6.07, 6.45) is -0.562. The molecular formula is C17H24N2O3. The second kappa shape index (κ2) is 6.38. The monoisotopic (exact) mass is 304 g/mol. The molecule has 0 saturated carbocycles. The Morgan fingerprint density at radius 2 is 1.82 bits per heavy atom. The van der Waals surface area contributed by atoms with E-state index in [-0.39, 0.29) is 5.91 Å². The number of alkyl carbamates (subject to hydrolysis) is 1. The molecule has 2 amide bonds. The van der Waals surface area contributed by atoms with Crippen molar-refractivity contribution >= 4 is 12.0 Å². The highest BCUT2D eigenvalue weighted by molar-refractivity contribution is 5.86. The van der Waals surface area contributed by atoms with Crippen molar-refractivity contribution in [1.29, 1.82) is 0 Å². The van der Waals surface area contributed by atoms with Crippen molar-refractivity contribution in [2.24, 2.45) is 0 Å². The van der Waals surface area contributed by atoms with E-state index in [1.807, 2.05) is 18.2 Å². The number of carbonyl (C=O) groups is 2. The maximum absolute atomic E-state index is 12.3. The van der Waals surface area contributed by atoms with Crippen molar-refractivity contribution in [3.63, 3.8) is 0 Å². The average molecular weight is 304 g/mol. The predicted molar refractivity (Wildman–Crippen MR) is 84.6 cm³/mol. The van der Waals surface area contributed by atoms with Crippen LogP contribution in [0.15, 0.2) is 30.3 Å². The lowest BCUT2D eigenvalue weighted by molar-refractivity contribution is -0.137. The molecule has 1 aliphatic rings. The molecule has 0 aliphatic carbocycles. The van der Waals surface area contributed by atoms with Crippen LogP contribution in [0, 0.1) is 0 Å². The first kappa shape index (κ1) is 16.3. The molecule has 1 atom stereocenters. The molecule has 1 aromatic carbocycles. The largest absolute Gasteiger partial charge is 0.444 e. The minimum absolute atomic E-state index is 0.0713. The van der Waals surface area contributed by atoms with Crippen molar-refractivity contribution in [3.8, 4) is 0 Å². The third-order valence-corrected chi connectivity index (χ3v) is 3.57. The molecular weight excluding hydrogens is 280 g/mol.